The molecular weight excluding hydrogens is 296 g/mol. The second kappa shape index (κ2) is 6.27. The van der Waals surface area contributed by atoms with Crippen LogP contribution in [0.15, 0.2) is 42.7 Å². The lowest BCUT2D eigenvalue weighted by Gasteiger charge is -2.22. The first-order valence-electron chi connectivity index (χ1n) is 7.27. The minimum Gasteiger partial charge on any atom is -0.337 e. The number of benzene rings is 1. The largest absolute Gasteiger partial charge is 0.337 e. The van der Waals surface area contributed by atoms with Crippen molar-refractivity contribution < 1.29 is 4.79 Å². The summed E-state index contributed by atoms with van der Waals surface area (Å²) >= 11 is 1.63. The Morgan fingerprint density at radius 2 is 2.18 bits per heavy atom. The first-order chi connectivity index (χ1) is 10.7. The van der Waals surface area contributed by atoms with Gasteiger partial charge in [0.1, 0.15) is 11.0 Å². The summed E-state index contributed by atoms with van der Waals surface area (Å²) in [4.78, 5) is 18.9. The molecule has 1 aromatic carbocycles. The van der Waals surface area contributed by atoms with Gasteiger partial charge in [-0.25, -0.2) is 4.98 Å². The number of likely N-dealkylation sites (N-methyl/N-ethyl adjacent to an activating group) is 1. The number of rotatable bonds is 5. The molecule has 6 heteroatoms. The normalized spacial score (nSPS) is 12.5. The molecule has 0 aliphatic carbocycles. The van der Waals surface area contributed by atoms with E-state index in [0.29, 0.717) is 13.0 Å². The fourth-order valence-electron chi connectivity index (χ4n) is 2.46. The molecule has 0 unspecified atom stereocenters. The van der Waals surface area contributed by atoms with Gasteiger partial charge in [-0.3, -0.25) is 9.48 Å². The molecule has 0 spiro atoms. The van der Waals surface area contributed by atoms with Crippen LogP contribution < -0.4 is 0 Å². The zero-order chi connectivity index (χ0) is 15.5. The van der Waals surface area contributed by atoms with Crippen LogP contribution in [0, 0.1) is 0 Å². The van der Waals surface area contributed by atoms with Gasteiger partial charge in [0.25, 0.3) is 0 Å². The minimum atomic E-state index is -0.255. The van der Waals surface area contributed by atoms with Gasteiger partial charge in [-0.15, -0.1) is 11.3 Å². The van der Waals surface area contributed by atoms with Gasteiger partial charge in [-0.2, -0.15) is 5.10 Å². The number of fused-ring (bicyclic) bond motifs is 1. The third kappa shape index (κ3) is 2.87. The molecule has 0 aliphatic heterocycles. The Kier molecular flexibility index (Phi) is 4.20. The Labute approximate surface area is 133 Å². The lowest BCUT2D eigenvalue weighted by Crippen LogP contribution is -2.34. The third-order valence-electron chi connectivity index (χ3n) is 3.60. The monoisotopic (exact) mass is 314 g/mol. The van der Waals surface area contributed by atoms with Gasteiger partial charge < -0.3 is 4.90 Å². The maximum atomic E-state index is 12.6. The fraction of sp³-hybridized carbons (Fsp3) is 0.312. The molecule has 0 bridgehead atoms. The molecule has 2 aromatic heterocycles. The minimum absolute atomic E-state index is 0.0606. The van der Waals surface area contributed by atoms with E-state index in [-0.39, 0.29) is 11.9 Å². The molecule has 0 saturated heterocycles. The van der Waals surface area contributed by atoms with E-state index in [1.807, 2.05) is 44.4 Å². The summed E-state index contributed by atoms with van der Waals surface area (Å²) in [6, 6.07) is 9.61. The highest BCUT2D eigenvalue weighted by atomic mass is 32.1. The van der Waals surface area contributed by atoms with Gasteiger partial charge in [0.15, 0.2) is 0 Å². The molecule has 2 heterocycles. The Balaban J connectivity index is 1.75. The van der Waals surface area contributed by atoms with Crippen LogP contribution in [0.1, 0.15) is 24.4 Å². The van der Waals surface area contributed by atoms with Crippen LogP contribution in [-0.4, -0.2) is 32.6 Å². The number of amides is 1. The van der Waals surface area contributed by atoms with Crippen molar-refractivity contribution in [2.75, 3.05) is 7.05 Å². The van der Waals surface area contributed by atoms with Crippen molar-refractivity contribution in [2.45, 2.75) is 25.9 Å². The molecule has 1 amide bonds. The van der Waals surface area contributed by atoms with Gasteiger partial charge in [0, 0.05) is 19.4 Å². The van der Waals surface area contributed by atoms with E-state index in [1.165, 1.54) is 0 Å². The predicted molar refractivity (Wildman–Crippen MR) is 87.6 cm³/mol. The zero-order valence-electron chi connectivity index (χ0n) is 12.6. The first kappa shape index (κ1) is 14.7. The van der Waals surface area contributed by atoms with Crippen molar-refractivity contribution in [1.29, 1.82) is 0 Å². The van der Waals surface area contributed by atoms with Crippen molar-refractivity contribution >= 4 is 27.5 Å². The van der Waals surface area contributed by atoms with Gasteiger partial charge in [-0.05, 0) is 24.6 Å². The summed E-state index contributed by atoms with van der Waals surface area (Å²) in [6.45, 7) is 2.52. The molecule has 114 valence electrons. The number of aromatic nitrogens is 3. The molecule has 3 rings (SSSR count). The number of hydrogen-bond acceptors (Lipinski definition) is 4. The molecule has 0 fully saturated rings. The lowest BCUT2D eigenvalue weighted by molar-refractivity contribution is -0.134. The average molecular weight is 314 g/mol. The predicted octanol–water partition coefficient (Wildman–Crippen LogP) is 3.10. The number of thiazole rings is 1. The second-order valence-electron chi connectivity index (χ2n) is 5.18. The highest BCUT2D eigenvalue weighted by Gasteiger charge is 2.23. The molecular formula is C16H18N4OS. The average Bonchev–Trinajstić information content (AvgIpc) is 3.16. The Morgan fingerprint density at radius 1 is 1.36 bits per heavy atom. The maximum Gasteiger partial charge on any atom is 0.247 e. The fourth-order valence-corrected chi connectivity index (χ4v) is 3.48. The standard InChI is InChI=1S/C16H18N4OS/c1-3-13(20-10-6-9-17-20)16(21)19(2)11-15-18-12-7-4-5-8-14(12)22-15/h4-10,13H,3,11H2,1-2H3/t13-/m1/s1. The van der Waals surface area contributed by atoms with E-state index in [9.17, 15) is 4.79 Å². The van der Waals surface area contributed by atoms with Crippen molar-refractivity contribution in [1.82, 2.24) is 19.7 Å². The van der Waals surface area contributed by atoms with Gasteiger partial charge in [-0.1, -0.05) is 19.1 Å². The molecule has 0 aliphatic rings. The molecule has 5 nitrogen and oxygen atoms in total. The number of nitrogens with zero attached hydrogens (tertiary/aromatic N) is 4. The van der Waals surface area contributed by atoms with E-state index < -0.39 is 0 Å². The van der Waals surface area contributed by atoms with Crippen LogP contribution in [0.2, 0.25) is 0 Å². The quantitative estimate of drug-likeness (QED) is 0.727. The van der Waals surface area contributed by atoms with Crippen molar-refractivity contribution in [3.05, 3.63) is 47.7 Å². The summed E-state index contributed by atoms with van der Waals surface area (Å²) in [5.41, 5.74) is 0.988. The van der Waals surface area contributed by atoms with Crippen LogP contribution in [0.5, 0.6) is 0 Å². The summed E-state index contributed by atoms with van der Waals surface area (Å²) in [5.74, 6) is 0.0606. The molecule has 3 aromatic rings. The van der Waals surface area contributed by atoms with E-state index in [0.717, 1.165) is 15.2 Å². The number of hydrogen-bond donors (Lipinski definition) is 0. The summed E-state index contributed by atoms with van der Waals surface area (Å²) in [6.07, 6.45) is 4.24. The van der Waals surface area contributed by atoms with Crippen molar-refractivity contribution in [3.8, 4) is 0 Å². The molecule has 22 heavy (non-hydrogen) atoms. The summed E-state index contributed by atoms with van der Waals surface area (Å²) in [5, 5.41) is 5.14. The zero-order valence-corrected chi connectivity index (χ0v) is 13.5. The third-order valence-corrected chi connectivity index (χ3v) is 4.62. The van der Waals surface area contributed by atoms with Crippen LogP contribution in [-0.2, 0) is 11.3 Å². The smallest absolute Gasteiger partial charge is 0.247 e. The van der Waals surface area contributed by atoms with E-state index in [1.54, 1.807) is 27.1 Å². The van der Waals surface area contributed by atoms with Gasteiger partial charge >= 0.3 is 0 Å². The van der Waals surface area contributed by atoms with Gasteiger partial charge in [0.2, 0.25) is 5.91 Å². The Hall–Kier alpha value is -2.21. The second-order valence-corrected chi connectivity index (χ2v) is 6.29. The first-order valence-corrected chi connectivity index (χ1v) is 8.09. The topological polar surface area (TPSA) is 51.0 Å². The molecule has 0 saturated carbocycles. The highest BCUT2D eigenvalue weighted by Crippen LogP contribution is 2.23. The Morgan fingerprint density at radius 3 is 2.86 bits per heavy atom. The van der Waals surface area contributed by atoms with E-state index >= 15 is 0 Å². The summed E-state index contributed by atoms with van der Waals surface area (Å²) < 4.78 is 2.87. The molecule has 1 atom stereocenters. The SMILES string of the molecule is CC[C@H](C(=O)N(C)Cc1nc2ccccc2s1)n1cccn1. The van der Waals surface area contributed by atoms with Crippen LogP contribution >= 0.6 is 11.3 Å². The summed E-state index contributed by atoms with van der Waals surface area (Å²) in [7, 11) is 1.82. The van der Waals surface area contributed by atoms with Crippen molar-refractivity contribution in [2.24, 2.45) is 0 Å². The van der Waals surface area contributed by atoms with Crippen molar-refractivity contribution in [3.63, 3.8) is 0 Å². The van der Waals surface area contributed by atoms with E-state index in [4.69, 9.17) is 0 Å². The van der Waals surface area contributed by atoms with E-state index in [2.05, 4.69) is 16.1 Å². The number of carbonyl (C=O) groups is 1. The van der Waals surface area contributed by atoms with Crippen LogP contribution in [0.4, 0.5) is 0 Å². The number of para-hydroxylation sites is 1. The Bertz CT molecular complexity index is 732. The lowest BCUT2D eigenvalue weighted by atomic mass is 10.2. The number of carbonyl (C=O) groups excluding carboxylic acids is 1. The molecule has 0 radical (unpaired) electrons. The van der Waals surface area contributed by atoms with Crippen LogP contribution in [0.3, 0.4) is 0 Å². The maximum absolute atomic E-state index is 12.6. The van der Waals surface area contributed by atoms with Gasteiger partial charge in [0.05, 0.1) is 16.8 Å². The highest BCUT2D eigenvalue weighted by molar-refractivity contribution is 7.18. The molecule has 0 N–H and O–H groups in total. The van der Waals surface area contributed by atoms with Crippen LogP contribution in [0.25, 0.3) is 10.2 Å².